The van der Waals surface area contributed by atoms with E-state index in [0.29, 0.717) is 35.5 Å². The van der Waals surface area contributed by atoms with Gasteiger partial charge in [0.05, 0.1) is 31.9 Å². The van der Waals surface area contributed by atoms with Crippen LogP contribution >= 0.6 is 11.8 Å². The number of hydrogen-bond donors (Lipinski definition) is 1. The predicted molar refractivity (Wildman–Crippen MR) is 116 cm³/mol. The molecule has 1 heterocycles. The minimum Gasteiger partial charge on any atom is -0.497 e. The number of anilines is 1. The molecule has 29 heavy (non-hydrogen) atoms. The number of ether oxygens (including phenoxy) is 3. The third kappa shape index (κ3) is 6.19. The lowest BCUT2D eigenvalue weighted by molar-refractivity contribution is -0.148. The lowest BCUT2D eigenvalue weighted by Gasteiger charge is -2.29. The molecule has 1 saturated heterocycles. The van der Waals surface area contributed by atoms with Crippen LogP contribution in [-0.2, 0) is 9.53 Å². The number of rotatable bonds is 9. The summed E-state index contributed by atoms with van der Waals surface area (Å²) in [5.41, 5.74) is 0.525. The van der Waals surface area contributed by atoms with Crippen molar-refractivity contribution in [2.24, 2.45) is 5.92 Å². The van der Waals surface area contributed by atoms with Gasteiger partial charge in [0.15, 0.2) is 0 Å². The molecule has 2 amide bonds. The van der Waals surface area contributed by atoms with Crippen LogP contribution in [0.5, 0.6) is 11.5 Å². The molecule has 0 aromatic heterocycles. The van der Waals surface area contributed by atoms with E-state index in [1.165, 1.54) is 7.11 Å². The zero-order valence-electron chi connectivity index (χ0n) is 17.9. The summed E-state index contributed by atoms with van der Waals surface area (Å²) in [6.07, 6.45) is 2.57. The Hall–Kier alpha value is -2.09. The molecular weight excluding hydrogens is 392 g/mol. The summed E-state index contributed by atoms with van der Waals surface area (Å²) in [5, 5.41) is 2.81. The molecule has 2 rings (SSSR count). The number of benzene rings is 1. The number of methoxy groups -OCH3 is 2. The van der Waals surface area contributed by atoms with Gasteiger partial charge in [0.25, 0.3) is 0 Å². The van der Waals surface area contributed by atoms with Crippen molar-refractivity contribution in [2.45, 2.75) is 51.4 Å². The van der Waals surface area contributed by atoms with E-state index in [1.807, 2.05) is 6.92 Å². The highest BCUT2D eigenvalue weighted by molar-refractivity contribution is 8.00. The van der Waals surface area contributed by atoms with Crippen molar-refractivity contribution >= 4 is 29.4 Å². The van der Waals surface area contributed by atoms with Gasteiger partial charge >= 0.3 is 12.0 Å². The van der Waals surface area contributed by atoms with Crippen LogP contribution in [0, 0.1) is 5.92 Å². The molecule has 1 N–H and O–H groups in total. The zero-order valence-corrected chi connectivity index (χ0v) is 18.7. The normalized spacial score (nSPS) is 18.6. The Bertz CT molecular complexity index is 698. The summed E-state index contributed by atoms with van der Waals surface area (Å²) in [4.78, 5) is 27.4. The van der Waals surface area contributed by atoms with E-state index in [9.17, 15) is 9.59 Å². The first-order chi connectivity index (χ1) is 13.9. The number of carbonyl (C=O) groups is 2. The number of nitrogens with zero attached hydrogens (tertiary/aromatic N) is 1. The molecule has 162 valence electrons. The van der Waals surface area contributed by atoms with Crippen molar-refractivity contribution in [3.63, 3.8) is 0 Å². The second kappa shape index (κ2) is 11.2. The average molecular weight is 425 g/mol. The molecule has 0 saturated carbocycles. The summed E-state index contributed by atoms with van der Waals surface area (Å²) in [6.45, 7) is 6.64. The van der Waals surface area contributed by atoms with Crippen molar-refractivity contribution in [1.29, 1.82) is 0 Å². The first-order valence-corrected chi connectivity index (χ1v) is 11.1. The number of nitrogens with one attached hydrogen (secondary N) is 1. The van der Waals surface area contributed by atoms with Crippen LogP contribution in [0.2, 0.25) is 0 Å². The second-order valence-electron chi connectivity index (χ2n) is 7.36. The van der Waals surface area contributed by atoms with Crippen LogP contribution in [0.3, 0.4) is 0 Å². The monoisotopic (exact) mass is 424 g/mol. The Morgan fingerprint density at radius 2 is 2.03 bits per heavy atom. The van der Waals surface area contributed by atoms with Crippen LogP contribution in [0.4, 0.5) is 10.5 Å². The molecule has 1 aromatic rings. The van der Waals surface area contributed by atoms with E-state index in [-0.39, 0.29) is 17.4 Å². The molecule has 0 aliphatic carbocycles. The lowest BCUT2D eigenvalue weighted by Crippen LogP contribution is -2.48. The van der Waals surface area contributed by atoms with Crippen molar-refractivity contribution in [2.75, 3.05) is 31.9 Å². The maximum Gasteiger partial charge on any atom is 0.329 e. The van der Waals surface area contributed by atoms with Crippen LogP contribution in [0.1, 0.15) is 40.0 Å². The van der Waals surface area contributed by atoms with Gasteiger partial charge in [-0.3, -0.25) is 4.90 Å². The minimum absolute atomic E-state index is 0.0806. The Morgan fingerprint density at radius 1 is 1.28 bits per heavy atom. The number of hydrogen-bond acceptors (Lipinski definition) is 6. The van der Waals surface area contributed by atoms with Gasteiger partial charge in [-0.2, -0.15) is 0 Å². The molecule has 0 radical (unpaired) electrons. The number of esters is 1. The van der Waals surface area contributed by atoms with E-state index in [4.69, 9.17) is 14.2 Å². The molecule has 0 spiro atoms. The van der Waals surface area contributed by atoms with Crippen molar-refractivity contribution < 1.29 is 23.8 Å². The van der Waals surface area contributed by atoms with E-state index >= 15 is 0 Å². The number of unbranched alkanes of at least 4 members (excludes halogenated alkanes) is 1. The first kappa shape index (κ1) is 23.2. The van der Waals surface area contributed by atoms with E-state index in [2.05, 4.69) is 19.2 Å². The van der Waals surface area contributed by atoms with Gasteiger partial charge in [0.1, 0.15) is 17.5 Å². The zero-order chi connectivity index (χ0) is 21.4. The Morgan fingerprint density at radius 3 is 2.66 bits per heavy atom. The van der Waals surface area contributed by atoms with Crippen molar-refractivity contribution in [3.05, 3.63) is 18.2 Å². The molecule has 1 aliphatic heterocycles. The molecule has 2 atom stereocenters. The van der Waals surface area contributed by atoms with Gasteiger partial charge in [-0.05, 0) is 30.9 Å². The maximum atomic E-state index is 13.2. The van der Waals surface area contributed by atoms with Crippen LogP contribution in [-0.4, -0.2) is 54.9 Å². The van der Waals surface area contributed by atoms with E-state index in [1.54, 1.807) is 42.0 Å². The number of urea groups is 1. The molecule has 0 unspecified atom stereocenters. The topological polar surface area (TPSA) is 77.1 Å². The fraction of sp³-hybridized carbons (Fsp3) is 0.619. The fourth-order valence-electron chi connectivity index (χ4n) is 3.10. The van der Waals surface area contributed by atoms with Gasteiger partial charge in [-0.25, -0.2) is 9.59 Å². The Labute approximate surface area is 177 Å². The summed E-state index contributed by atoms with van der Waals surface area (Å²) >= 11 is 1.62. The third-order valence-electron chi connectivity index (χ3n) is 4.66. The van der Waals surface area contributed by atoms with Crippen LogP contribution in [0.15, 0.2) is 18.2 Å². The lowest BCUT2D eigenvalue weighted by atomic mass is 10.1. The SMILES string of the molecule is CCCCOC(=O)[C@H]1CS[C@@H](CC(C)C)N1C(=O)Nc1ccc(OC)cc1OC. The van der Waals surface area contributed by atoms with Crippen LogP contribution in [0.25, 0.3) is 0 Å². The number of thioether (sulfide) groups is 1. The van der Waals surface area contributed by atoms with E-state index < -0.39 is 6.04 Å². The third-order valence-corrected chi connectivity index (χ3v) is 5.98. The average Bonchev–Trinajstić information content (AvgIpc) is 3.11. The first-order valence-electron chi connectivity index (χ1n) is 10.0. The van der Waals surface area contributed by atoms with Gasteiger partial charge in [-0.1, -0.05) is 27.2 Å². The van der Waals surface area contributed by atoms with Gasteiger partial charge in [-0.15, -0.1) is 11.8 Å². The molecule has 1 aromatic carbocycles. The molecule has 8 heteroatoms. The highest BCUT2D eigenvalue weighted by Crippen LogP contribution is 2.36. The van der Waals surface area contributed by atoms with Crippen molar-refractivity contribution in [1.82, 2.24) is 4.90 Å². The number of amides is 2. The van der Waals surface area contributed by atoms with Crippen molar-refractivity contribution in [3.8, 4) is 11.5 Å². The highest BCUT2D eigenvalue weighted by atomic mass is 32.2. The molecule has 1 aliphatic rings. The minimum atomic E-state index is -0.593. The predicted octanol–water partition coefficient (Wildman–Crippen LogP) is 4.37. The largest absolute Gasteiger partial charge is 0.497 e. The fourth-order valence-corrected chi connectivity index (χ4v) is 4.72. The van der Waals surface area contributed by atoms with Gasteiger partial charge in [0, 0.05) is 11.8 Å². The summed E-state index contributed by atoms with van der Waals surface area (Å²) < 4.78 is 16.0. The maximum absolute atomic E-state index is 13.2. The van der Waals surface area contributed by atoms with Crippen LogP contribution < -0.4 is 14.8 Å². The Balaban J connectivity index is 2.19. The quantitative estimate of drug-likeness (QED) is 0.469. The number of carbonyl (C=O) groups excluding carboxylic acids is 2. The van der Waals surface area contributed by atoms with Gasteiger partial charge < -0.3 is 19.5 Å². The van der Waals surface area contributed by atoms with E-state index in [0.717, 1.165) is 19.3 Å². The van der Waals surface area contributed by atoms with Gasteiger partial charge in [0.2, 0.25) is 0 Å². The second-order valence-corrected chi connectivity index (χ2v) is 8.57. The Kier molecular flexibility index (Phi) is 8.95. The summed E-state index contributed by atoms with van der Waals surface area (Å²) in [5.74, 6) is 1.72. The molecular formula is C21H32N2O5S. The standard InChI is InChI=1S/C21H32N2O5S/c1-6-7-10-28-20(24)17-13-29-19(11-14(2)3)23(17)21(25)22-16-9-8-15(26-4)12-18(16)27-5/h8-9,12,14,17,19H,6-7,10-11,13H2,1-5H3,(H,22,25)/t17-,19+/m1/s1. The summed E-state index contributed by atoms with van der Waals surface area (Å²) in [7, 11) is 3.10. The summed E-state index contributed by atoms with van der Waals surface area (Å²) in [6, 6.07) is 4.26. The smallest absolute Gasteiger partial charge is 0.329 e. The molecule has 7 nitrogen and oxygen atoms in total. The highest BCUT2D eigenvalue weighted by Gasteiger charge is 2.42. The molecule has 1 fully saturated rings. The molecule has 0 bridgehead atoms.